The van der Waals surface area contributed by atoms with Gasteiger partial charge in [0.25, 0.3) is 5.91 Å². The highest BCUT2D eigenvalue weighted by atomic mass is 16.6. The van der Waals surface area contributed by atoms with Crippen LogP contribution in [0.2, 0.25) is 0 Å². The third-order valence-electron chi connectivity index (χ3n) is 4.93. The molecule has 1 amide bonds. The first-order valence-electron chi connectivity index (χ1n) is 9.49. The maximum atomic E-state index is 12.0. The Kier molecular flexibility index (Phi) is 5.34. The Balaban J connectivity index is 1.59. The summed E-state index contributed by atoms with van der Waals surface area (Å²) in [5.74, 6) is 0.288. The molecule has 3 aromatic rings. The molecule has 9 nitrogen and oxygen atoms in total. The van der Waals surface area contributed by atoms with Gasteiger partial charge in [-0.1, -0.05) is 18.2 Å². The van der Waals surface area contributed by atoms with Gasteiger partial charge in [-0.3, -0.25) is 14.9 Å². The van der Waals surface area contributed by atoms with E-state index in [1.54, 1.807) is 24.3 Å². The molecular formula is C21H19N3O6. The molecule has 1 heterocycles. The first-order chi connectivity index (χ1) is 14.5. The van der Waals surface area contributed by atoms with Crippen LogP contribution >= 0.6 is 0 Å². The van der Waals surface area contributed by atoms with E-state index in [9.17, 15) is 20.0 Å². The molecule has 1 aliphatic rings. The average Bonchev–Trinajstić information content (AvgIpc) is 3.12. The van der Waals surface area contributed by atoms with Crippen LogP contribution in [0.1, 0.15) is 29.7 Å². The molecular weight excluding hydrogens is 390 g/mol. The fraction of sp³-hybridized carbons (Fsp3) is 0.238. The summed E-state index contributed by atoms with van der Waals surface area (Å²) >= 11 is 0. The van der Waals surface area contributed by atoms with Crippen LogP contribution in [0, 0.1) is 10.1 Å². The van der Waals surface area contributed by atoms with Gasteiger partial charge in [0.05, 0.1) is 22.8 Å². The van der Waals surface area contributed by atoms with Gasteiger partial charge in [0.15, 0.2) is 6.61 Å². The summed E-state index contributed by atoms with van der Waals surface area (Å²) < 4.78 is 11.1. The van der Waals surface area contributed by atoms with E-state index in [1.807, 2.05) is 6.07 Å². The lowest BCUT2D eigenvalue weighted by Crippen LogP contribution is -2.24. The van der Waals surface area contributed by atoms with Crippen LogP contribution in [0.5, 0.6) is 11.5 Å². The minimum Gasteiger partial charge on any atom is -0.502 e. The zero-order valence-corrected chi connectivity index (χ0v) is 16.0. The number of rotatable bonds is 6. The molecule has 1 aromatic heterocycles. The van der Waals surface area contributed by atoms with Crippen molar-refractivity contribution in [3.63, 3.8) is 0 Å². The second-order valence-electron chi connectivity index (χ2n) is 6.89. The van der Waals surface area contributed by atoms with Crippen LogP contribution < -0.4 is 10.2 Å². The summed E-state index contributed by atoms with van der Waals surface area (Å²) in [6.07, 6.45) is 4.63. The number of nitro benzene ring substituents is 1. The number of carbonyl (C=O) groups excluding carboxylic acids is 1. The summed E-state index contributed by atoms with van der Waals surface area (Å²) in [6.45, 7) is -0.251. The van der Waals surface area contributed by atoms with E-state index in [1.165, 1.54) is 12.3 Å². The van der Waals surface area contributed by atoms with Crippen molar-refractivity contribution in [3.8, 4) is 11.5 Å². The van der Waals surface area contributed by atoms with Crippen molar-refractivity contribution in [1.82, 2.24) is 5.43 Å². The van der Waals surface area contributed by atoms with Gasteiger partial charge in [0, 0.05) is 17.4 Å². The number of para-hydroxylation sites is 1. The van der Waals surface area contributed by atoms with Crippen molar-refractivity contribution in [2.45, 2.75) is 25.7 Å². The summed E-state index contributed by atoms with van der Waals surface area (Å²) in [4.78, 5) is 22.6. The van der Waals surface area contributed by atoms with Gasteiger partial charge < -0.3 is 14.3 Å². The molecule has 0 atom stereocenters. The normalized spacial score (nSPS) is 13.3. The van der Waals surface area contributed by atoms with Crippen molar-refractivity contribution in [3.05, 3.63) is 63.4 Å². The maximum Gasteiger partial charge on any atom is 0.315 e. The molecule has 2 aromatic carbocycles. The molecule has 0 saturated carbocycles. The number of nitro groups is 1. The number of hydrogen-bond donors (Lipinski definition) is 2. The topological polar surface area (TPSA) is 127 Å². The predicted molar refractivity (Wildman–Crippen MR) is 109 cm³/mol. The lowest BCUT2D eigenvalue weighted by atomic mass is 9.93. The second kappa shape index (κ2) is 8.24. The number of hydrogen-bond acceptors (Lipinski definition) is 7. The Morgan fingerprint density at radius 1 is 1.30 bits per heavy atom. The fourth-order valence-corrected chi connectivity index (χ4v) is 3.56. The summed E-state index contributed by atoms with van der Waals surface area (Å²) in [7, 11) is 0. The molecule has 0 bridgehead atoms. The number of fused-ring (bicyclic) bond motifs is 3. The van der Waals surface area contributed by atoms with Crippen LogP contribution in [-0.2, 0) is 17.6 Å². The van der Waals surface area contributed by atoms with Gasteiger partial charge in [-0.05, 0) is 31.4 Å². The molecule has 1 aliphatic carbocycles. The van der Waals surface area contributed by atoms with Crippen LogP contribution in [-0.4, -0.2) is 28.8 Å². The SMILES string of the molecule is O=C(COc1ccccc1)NN=Cc1c(O)c([N+](=O)[O-])cc2oc3c(c12)CCCC3. The van der Waals surface area contributed by atoms with Crippen LogP contribution in [0.3, 0.4) is 0 Å². The smallest absolute Gasteiger partial charge is 0.315 e. The van der Waals surface area contributed by atoms with Crippen LogP contribution in [0.15, 0.2) is 45.9 Å². The number of nitrogens with zero attached hydrogens (tertiary/aromatic N) is 2. The number of furan rings is 1. The zero-order chi connectivity index (χ0) is 21.1. The number of aryl methyl sites for hydroxylation is 2. The molecule has 0 unspecified atom stereocenters. The fourth-order valence-electron chi connectivity index (χ4n) is 3.56. The van der Waals surface area contributed by atoms with E-state index in [0.717, 1.165) is 37.0 Å². The van der Waals surface area contributed by atoms with E-state index >= 15 is 0 Å². The largest absolute Gasteiger partial charge is 0.502 e. The van der Waals surface area contributed by atoms with Crippen molar-refractivity contribution in [1.29, 1.82) is 0 Å². The first kappa shape index (κ1) is 19.4. The Hall–Kier alpha value is -3.88. The number of aromatic hydroxyl groups is 1. The number of benzene rings is 2. The van der Waals surface area contributed by atoms with E-state index in [2.05, 4.69) is 10.5 Å². The summed E-state index contributed by atoms with van der Waals surface area (Å²) in [6, 6.07) is 10.1. The zero-order valence-electron chi connectivity index (χ0n) is 16.0. The highest BCUT2D eigenvalue weighted by Crippen LogP contribution is 2.41. The van der Waals surface area contributed by atoms with Gasteiger partial charge in [0.2, 0.25) is 5.75 Å². The molecule has 4 rings (SSSR count). The van der Waals surface area contributed by atoms with E-state index in [-0.39, 0.29) is 12.2 Å². The Morgan fingerprint density at radius 3 is 2.83 bits per heavy atom. The predicted octanol–water partition coefficient (Wildman–Crippen LogP) is 3.45. The van der Waals surface area contributed by atoms with Gasteiger partial charge in [-0.25, -0.2) is 5.43 Å². The number of phenols is 1. The number of ether oxygens (including phenoxy) is 1. The van der Waals surface area contributed by atoms with Gasteiger partial charge in [-0.2, -0.15) is 5.10 Å². The number of nitrogens with one attached hydrogen (secondary N) is 1. The lowest BCUT2D eigenvalue weighted by Gasteiger charge is -2.10. The van der Waals surface area contributed by atoms with Crippen molar-refractivity contribution >= 4 is 28.8 Å². The van der Waals surface area contributed by atoms with Gasteiger partial charge in [0.1, 0.15) is 17.1 Å². The Morgan fingerprint density at radius 2 is 2.07 bits per heavy atom. The molecule has 0 radical (unpaired) electrons. The van der Waals surface area contributed by atoms with Crippen molar-refractivity contribution in [2.24, 2.45) is 5.10 Å². The minimum atomic E-state index is -0.681. The summed E-state index contributed by atoms with van der Waals surface area (Å²) in [5.41, 5.74) is 3.22. The quantitative estimate of drug-likeness (QED) is 0.365. The molecule has 30 heavy (non-hydrogen) atoms. The highest BCUT2D eigenvalue weighted by Gasteiger charge is 2.27. The highest BCUT2D eigenvalue weighted by molar-refractivity contribution is 6.05. The molecule has 0 fully saturated rings. The lowest BCUT2D eigenvalue weighted by molar-refractivity contribution is -0.385. The molecule has 9 heteroatoms. The number of hydrazone groups is 1. The first-order valence-corrected chi connectivity index (χ1v) is 9.49. The minimum absolute atomic E-state index is 0.148. The van der Waals surface area contributed by atoms with Gasteiger partial charge in [-0.15, -0.1) is 0 Å². The van der Waals surface area contributed by atoms with Gasteiger partial charge >= 0.3 is 5.69 Å². The van der Waals surface area contributed by atoms with Crippen molar-refractivity contribution in [2.75, 3.05) is 6.61 Å². The van der Waals surface area contributed by atoms with Crippen LogP contribution in [0.25, 0.3) is 11.0 Å². The molecule has 0 aliphatic heterocycles. The third-order valence-corrected chi connectivity index (χ3v) is 4.93. The number of amides is 1. The number of phenolic OH excluding ortho intramolecular Hbond substituents is 1. The monoisotopic (exact) mass is 409 g/mol. The molecule has 2 N–H and O–H groups in total. The maximum absolute atomic E-state index is 12.0. The Bertz CT molecular complexity index is 1140. The molecule has 0 spiro atoms. The Labute approximate surface area is 171 Å². The number of carbonyl (C=O) groups is 1. The van der Waals surface area contributed by atoms with E-state index < -0.39 is 22.3 Å². The summed E-state index contributed by atoms with van der Waals surface area (Å²) in [5, 5.41) is 26.3. The second-order valence-corrected chi connectivity index (χ2v) is 6.89. The molecule has 0 saturated heterocycles. The van der Waals surface area contributed by atoms with E-state index in [4.69, 9.17) is 9.15 Å². The molecule has 154 valence electrons. The van der Waals surface area contributed by atoms with Crippen LogP contribution in [0.4, 0.5) is 5.69 Å². The van der Waals surface area contributed by atoms with Crippen molar-refractivity contribution < 1.29 is 24.0 Å². The standard InChI is InChI=1S/C21H19N3O6/c25-19(12-29-13-6-2-1-3-7-13)23-22-11-15-20-14-8-4-5-9-17(14)30-18(20)10-16(21(15)26)24(27)28/h1-3,6-7,10-11,26H,4-5,8-9,12H2,(H,23,25). The average molecular weight is 409 g/mol. The van der Waals surface area contributed by atoms with E-state index in [0.29, 0.717) is 16.7 Å². The third kappa shape index (κ3) is 3.82.